The lowest BCUT2D eigenvalue weighted by Crippen LogP contribution is -2.50. The van der Waals surface area contributed by atoms with Crippen LogP contribution in [0.5, 0.6) is 0 Å². The number of benzene rings is 1. The monoisotopic (exact) mass is 259 g/mol. The van der Waals surface area contributed by atoms with Gasteiger partial charge in [0.05, 0.1) is 0 Å². The highest BCUT2D eigenvalue weighted by molar-refractivity contribution is 5.84. The lowest BCUT2D eigenvalue weighted by Gasteiger charge is -2.29. The van der Waals surface area contributed by atoms with E-state index in [9.17, 15) is 4.79 Å². The van der Waals surface area contributed by atoms with Gasteiger partial charge in [-0.15, -0.1) is 0 Å². The lowest BCUT2D eigenvalue weighted by molar-refractivity contribution is -0.124. The molecule has 0 saturated carbocycles. The van der Waals surface area contributed by atoms with Crippen LogP contribution in [0.4, 0.5) is 0 Å². The largest absolute Gasteiger partial charge is 0.350 e. The van der Waals surface area contributed by atoms with Crippen LogP contribution >= 0.6 is 0 Å². The predicted molar refractivity (Wildman–Crippen MR) is 74.9 cm³/mol. The molecule has 0 spiro atoms. The summed E-state index contributed by atoms with van der Waals surface area (Å²) in [5.41, 5.74) is 2.43. The molecule has 0 aromatic heterocycles. The topological polar surface area (TPSA) is 53.2 Å². The average molecular weight is 259 g/mol. The molecular formula is C15H21N3O. The van der Waals surface area contributed by atoms with Gasteiger partial charge in [0.1, 0.15) is 6.04 Å². The smallest absolute Gasteiger partial charge is 0.242 e. The maximum Gasteiger partial charge on any atom is 0.242 e. The minimum absolute atomic E-state index is 0.112. The van der Waals surface area contributed by atoms with Crippen molar-refractivity contribution in [2.75, 3.05) is 19.6 Å². The summed E-state index contributed by atoms with van der Waals surface area (Å²) in [5, 5.41) is 9.82. The molecule has 4 heteroatoms. The van der Waals surface area contributed by atoms with Crippen LogP contribution in [-0.4, -0.2) is 31.6 Å². The number of nitrogens with one attached hydrogen (secondary N) is 3. The molecule has 102 valence electrons. The van der Waals surface area contributed by atoms with Gasteiger partial charge >= 0.3 is 0 Å². The van der Waals surface area contributed by atoms with E-state index >= 15 is 0 Å². The first-order chi connectivity index (χ1) is 9.34. The molecule has 19 heavy (non-hydrogen) atoms. The van der Waals surface area contributed by atoms with Gasteiger partial charge in [-0.1, -0.05) is 24.3 Å². The van der Waals surface area contributed by atoms with Crippen molar-refractivity contribution in [1.29, 1.82) is 0 Å². The molecule has 0 radical (unpaired) electrons. The highest BCUT2D eigenvalue weighted by atomic mass is 16.2. The van der Waals surface area contributed by atoms with Crippen LogP contribution in [0.15, 0.2) is 24.3 Å². The molecule has 0 bridgehead atoms. The SMILES string of the molecule is O=C(N[C@H]1CCCNC1)[C@@H]1NCCc2ccccc21. The highest BCUT2D eigenvalue weighted by Gasteiger charge is 2.27. The van der Waals surface area contributed by atoms with Crippen molar-refractivity contribution in [3.8, 4) is 0 Å². The second-order valence-corrected chi connectivity index (χ2v) is 5.39. The Labute approximate surface area is 114 Å². The number of carbonyl (C=O) groups excluding carboxylic acids is 1. The zero-order valence-electron chi connectivity index (χ0n) is 11.1. The summed E-state index contributed by atoms with van der Waals surface area (Å²) in [6, 6.07) is 8.33. The minimum Gasteiger partial charge on any atom is -0.350 e. The van der Waals surface area contributed by atoms with E-state index < -0.39 is 0 Å². The lowest BCUT2D eigenvalue weighted by atomic mass is 9.93. The van der Waals surface area contributed by atoms with Crippen molar-refractivity contribution >= 4 is 5.91 Å². The molecule has 4 nitrogen and oxygen atoms in total. The molecule has 1 aromatic carbocycles. The molecule has 0 unspecified atom stereocenters. The Morgan fingerprint density at radius 1 is 1.26 bits per heavy atom. The number of hydrogen-bond donors (Lipinski definition) is 3. The highest BCUT2D eigenvalue weighted by Crippen LogP contribution is 2.22. The van der Waals surface area contributed by atoms with E-state index in [0.717, 1.165) is 44.5 Å². The van der Waals surface area contributed by atoms with Gasteiger partial charge < -0.3 is 16.0 Å². The first-order valence-electron chi connectivity index (χ1n) is 7.17. The Hall–Kier alpha value is -1.39. The van der Waals surface area contributed by atoms with E-state index in [1.54, 1.807) is 0 Å². The Kier molecular flexibility index (Phi) is 3.80. The number of piperidine rings is 1. The van der Waals surface area contributed by atoms with E-state index in [-0.39, 0.29) is 18.0 Å². The van der Waals surface area contributed by atoms with Gasteiger partial charge in [-0.25, -0.2) is 0 Å². The predicted octanol–water partition coefficient (Wildman–Crippen LogP) is 0.742. The van der Waals surface area contributed by atoms with Gasteiger partial charge in [-0.3, -0.25) is 4.79 Å². The Morgan fingerprint density at radius 2 is 2.16 bits per heavy atom. The Bertz CT molecular complexity index is 454. The van der Waals surface area contributed by atoms with Crippen molar-refractivity contribution in [2.24, 2.45) is 0 Å². The van der Waals surface area contributed by atoms with Crippen molar-refractivity contribution in [3.05, 3.63) is 35.4 Å². The molecule has 2 aliphatic rings. The van der Waals surface area contributed by atoms with E-state index in [1.165, 1.54) is 5.56 Å². The fraction of sp³-hybridized carbons (Fsp3) is 0.533. The first-order valence-corrected chi connectivity index (χ1v) is 7.17. The van der Waals surface area contributed by atoms with Crippen molar-refractivity contribution in [3.63, 3.8) is 0 Å². The Morgan fingerprint density at radius 3 is 3.00 bits per heavy atom. The minimum atomic E-state index is -0.188. The molecule has 1 fully saturated rings. The van der Waals surface area contributed by atoms with E-state index in [0.29, 0.717) is 0 Å². The van der Waals surface area contributed by atoms with Gasteiger partial charge in [0.2, 0.25) is 5.91 Å². The standard InChI is InChI=1S/C15H21N3O/c19-15(18-12-5-3-8-16-10-12)14-13-6-2-1-4-11(13)7-9-17-14/h1-2,4,6,12,14,16-17H,3,5,7-10H2,(H,18,19)/t12-,14+/m0/s1. The average Bonchev–Trinajstić information content (AvgIpc) is 2.47. The maximum atomic E-state index is 12.4. The fourth-order valence-electron chi connectivity index (χ4n) is 3.00. The zero-order chi connectivity index (χ0) is 13.1. The molecule has 2 atom stereocenters. The quantitative estimate of drug-likeness (QED) is 0.734. The number of fused-ring (bicyclic) bond motifs is 1. The number of rotatable bonds is 2. The summed E-state index contributed by atoms with van der Waals surface area (Å²) >= 11 is 0. The molecule has 1 aromatic rings. The summed E-state index contributed by atoms with van der Waals surface area (Å²) in [5.74, 6) is 0.112. The van der Waals surface area contributed by atoms with E-state index in [4.69, 9.17) is 0 Å². The zero-order valence-corrected chi connectivity index (χ0v) is 11.1. The van der Waals surface area contributed by atoms with Crippen LogP contribution in [-0.2, 0) is 11.2 Å². The van der Waals surface area contributed by atoms with Gasteiger partial charge in [0.25, 0.3) is 0 Å². The molecule has 2 heterocycles. The van der Waals surface area contributed by atoms with Crippen molar-refractivity contribution in [1.82, 2.24) is 16.0 Å². The third-order valence-corrected chi connectivity index (χ3v) is 4.01. The van der Waals surface area contributed by atoms with Crippen LogP contribution in [0.3, 0.4) is 0 Å². The molecule has 0 aliphatic carbocycles. The van der Waals surface area contributed by atoms with E-state index in [2.05, 4.69) is 28.1 Å². The number of carbonyl (C=O) groups is 1. The summed E-state index contributed by atoms with van der Waals surface area (Å²) < 4.78 is 0. The summed E-state index contributed by atoms with van der Waals surface area (Å²) in [4.78, 5) is 12.4. The second kappa shape index (κ2) is 5.72. The van der Waals surface area contributed by atoms with Crippen molar-refractivity contribution in [2.45, 2.75) is 31.3 Å². The van der Waals surface area contributed by atoms with Crippen LogP contribution in [0.25, 0.3) is 0 Å². The van der Waals surface area contributed by atoms with Gasteiger partial charge in [-0.05, 0) is 36.9 Å². The molecule has 1 saturated heterocycles. The first kappa shape index (κ1) is 12.6. The molecule has 1 amide bonds. The molecule has 2 aliphatic heterocycles. The number of amides is 1. The second-order valence-electron chi connectivity index (χ2n) is 5.39. The van der Waals surface area contributed by atoms with E-state index in [1.807, 2.05) is 12.1 Å². The summed E-state index contributed by atoms with van der Waals surface area (Å²) in [6.07, 6.45) is 3.22. The normalized spacial score (nSPS) is 26.5. The fourth-order valence-corrected chi connectivity index (χ4v) is 3.00. The van der Waals surface area contributed by atoms with Gasteiger partial charge in [-0.2, -0.15) is 0 Å². The third kappa shape index (κ3) is 2.80. The third-order valence-electron chi connectivity index (χ3n) is 4.01. The Balaban J connectivity index is 1.70. The molecule has 3 rings (SSSR count). The summed E-state index contributed by atoms with van der Waals surface area (Å²) in [6.45, 7) is 2.83. The van der Waals surface area contributed by atoms with Gasteiger partial charge in [0.15, 0.2) is 0 Å². The number of hydrogen-bond acceptors (Lipinski definition) is 3. The van der Waals surface area contributed by atoms with Crippen LogP contribution in [0.1, 0.15) is 30.0 Å². The maximum absolute atomic E-state index is 12.4. The van der Waals surface area contributed by atoms with Gasteiger partial charge in [0, 0.05) is 19.1 Å². The molecular weight excluding hydrogens is 238 g/mol. The van der Waals surface area contributed by atoms with Crippen LogP contribution < -0.4 is 16.0 Å². The van der Waals surface area contributed by atoms with Crippen LogP contribution in [0.2, 0.25) is 0 Å². The molecule has 3 N–H and O–H groups in total. The van der Waals surface area contributed by atoms with Crippen LogP contribution in [0, 0.1) is 0 Å². The van der Waals surface area contributed by atoms with Crippen molar-refractivity contribution < 1.29 is 4.79 Å². The summed E-state index contributed by atoms with van der Waals surface area (Å²) in [7, 11) is 0.